The van der Waals surface area contributed by atoms with E-state index in [0.29, 0.717) is 21.5 Å². The van der Waals surface area contributed by atoms with Crippen LogP contribution in [-0.2, 0) is 6.42 Å². The lowest BCUT2D eigenvalue weighted by Crippen LogP contribution is -2.03. The van der Waals surface area contributed by atoms with Crippen molar-refractivity contribution in [1.82, 2.24) is 0 Å². The van der Waals surface area contributed by atoms with Crippen LogP contribution in [0.5, 0.6) is 0 Å². The van der Waals surface area contributed by atoms with Crippen LogP contribution in [0, 0.1) is 5.82 Å². The summed E-state index contributed by atoms with van der Waals surface area (Å²) >= 11 is 12.5. The maximum Gasteiger partial charge on any atom is 0.137 e. The molecule has 2 rings (SSSR count). The van der Waals surface area contributed by atoms with Crippen molar-refractivity contribution in [2.75, 3.05) is 0 Å². The first-order valence-electron chi connectivity index (χ1n) is 5.54. The third-order valence-electron chi connectivity index (χ3n) is 2.73. The Kier molecular flexibility index (Phi) is 5.01. The lowest BCUT2D eigenvalue weighted by atomic mass is 10.0. The number of hydrogen-bond acceptors (Lipinski definition) is 1. The normalized spacial score (nSPS) is 12.5. The van der Waals surface area contributed by atoms with Crippen LogP contribution in [0.15, 0.2) is 45.3 Å². The largest absolute Gasteiger partial charge is 0.388 e. The summed E-state index contributed by atoms with van der Waals surface area (Å²) in [5.41, 5.74) is 1.49. The van der Waals surface area contributed by atoms with Crippen molar-refractivity contribution < 1.29 is 9.50 Å². The van der Waals surface area contributed by atoms with Crippen LogP contribution in [0.3, 0.4) is 0 Å². The smallest absolute Gasteiger partial charge is 0.137 e. The number of aliphatic hydroxyl groups excluding tert-OH is 1. The monoisotopic (exact) mass is 406 g/mol. The first-order valence-corrected chi connectivity index (χ1v) is 7.50. The highest BCUT2D eigenvalue weighted by Crippen LogP contribution is 2.29. The second-order valence-electron chi connectivity index (χ2n) is 4.13. The van der Waals surface area contributed by atoms with Crippen LogP contribution >= 0.6 is 43.5 Å². The lowest BCUT2D eigenvalue weighted by molar-refractivity contribution is 0.178. The maximum absolute atomic E-state index is 13.1. The standard InChI is InChI=1S/C14H10Br2ClFO/c15-9-2-3-10(12(17)7-9)14(19)6-8-1-4-13(18)11(16)5-8/h1-5,7,14,19H,6H2. The van der Waals surface area contributed by atoms with Crippen LogP contribution in [0.1, 0.15) is 17.2 Å². The number of aliphatic hydroxyl groups is 1. The summed E-state index contributed by atoms with van der Waals surface area (Å²) in [7, 11) is 0. The van der Waals surface area contributed by atoms with E-state index in [2.05, 4.69) is 31.9 Å². The first-order chi connectivity index (χ1) is 8.97. The molecule has 0 bridgehead atoms. The van der Waals surface area contributed by atoms with E-state index in [1.54, 1.807) is 24.3 Å². The van der Waals surface area contributed by atoms with Gasteiger partial charge in [0, 0.05) is 15.9 Å². The molecule has 0 spiro atoms. The molecule has 0 radical (unpaired) electrons. The summed E-state index contributed by atoms with van der Waals surface area (Å²) < 4.78 is 14.4. The molecule has 0 fully saturated rings. The fraction of sp³-hybridized carbons (Fsp3) is 0.143. The average Bonchev–Trinajstić information content (AvgIpc) is 2.33. The predicted molar refractivity (Wildman–Crippen MR) is 81.9 cm³/mol. The van der Waals surface area contributed by atoms with Crippen molar-refractivity contribution in [2.24, 2.45) is 0 Å². The molecule has 0 saturated carbocycles. The van der Waals surface area contributed by atoms with Crippen molar-refractivity contribution in [2.45, 2.75) is 12.5 Å². The van der Waals surface area contributed by atoms with Gasteiger partial charge in [0.1, 0.15) is 5.82 Å². The average molecular weight is 408 g/mol. The topological polar surface area (TPSA) is 20.2 Å². The van der Waals surface area contributed by atoms with Crippen LogP contribution in [-0.4, -0.2) is 5.11 Å². The van der Waals surface area contributed by atoms with E-state index in [1.165, 1.54) is 6.07 Å². The van der Waals surface area contributed by atoms with Gasteiger partial charge in [0.25, 0.3) is 0 Å². The van der Waals surface area contributed by atoms with E-state index in [4.69, 9.17) is 11.6 Å². The highest BCUT2D eigenvalue weighted by atomic mass is 79.9. The van der Waals surface area contributed by atoms with Gasteiger partial charge in [-0.2, -0.15) is 0 Å². The van der Waals surface area contributed by atoms with Crippen LogP contribution in [0.4, 0.5) is 4.39 Å². The van der Waals surface area contributed by atoms with Gasteiger partial charge in [0.15, 0.2) is 0 Å². The molecule has 0 aliphatic rings. The number of benzene rings is 2. The Hall–Kier alpha value is -0.420. The molecule has 0 heterocycles. The fourth-order valence-electron chi connectivity index (χ4n) is 1.77. The van der Waals surface area contributed by atoms with Gasteiger partial charge in [-0.25, -0.2) is 4.39 Å². The van der Waals surface area contributed by atoms with E-state index in [1.807, 2.05) is 6.07 Å². The molecule has 1 unspecified atom stereocenters. The molecule has 0 amide bonds. The highest BCUT2D eigenvalue weighted by molar-refractivity contribution is 9.10. The molecule has 0 aromatic heterocycles. The van der Waals surface area contributed by atoms with Crippen LogP contribution in [0.2, 0.25) is 5.02 Å². The van der Waals surface area contributed by atoms with Crippen molar-refractivity contribution >= 4 is 43.5 Å². The van der Waals surface area contributed by atoms with Gasteiger partial charge in [0.05, 0.1) is 10.6 Å². The van der Waals surface area contributed by atoms with E-state index in [0.717, 1.165) is 10.0 Å². The zero-order chi connectivity index (χ0) is 14.0. The summed E-state index contributed by atoms with van der Waals surface area (Å²) in [6.07, 6.45) is -0.349. The van der Waals surface area contributed by atoms with E-state index >= 15 is 0 Å². The number of hydrogen-bond donors (Lipinski definition) is 1. The third kappa shape index (κ3) is 3.78. The van der Waals surface area contributed by atoms with Gasteiger partial charge in [-0.1, -0.05) is 39.7 Å². The summed E-state index contributed by atoms with van der Waals surface area (Å²) in [4.78, 5) is 0. The van der Waals surface area contributed by atoms with E-state index < -0.39 is 6.10 Å². The molecule has 19 heavy (non-hydrogen) atoms. The molecule has 1 nitrogen and oxygen atoms in total. The molecular formula is C14H10Br2ClFO. The third-order valence-corrected chi connectivity index (χ3v) is 4.16. The maximum atomic E-state index is 13.1. The number of halogens is 4. The Morgan fingerprint density at radius 2 is 1.89 bits per heavy atom. The molecule has 100 valence electrons. The number of rotatable bonds is 3. The van der Waals surface area contributed by atoms with E-state index in [-0.39, 0.29) is 5.82 Å². The summed E-state index contributed by atoms with van der Waals surface area (Å²) in [5.74, 6) is -0.320. The molecule has 0 saturated heterocycles. The van der Waals surface area contributed by atoms with Gasteiger partial charge >= 0.3 is 0 Å². The zero-order valence-corrected chi connectivity index (χ0v) is 13.6. The second-order valence-corrected chi connectivity index (χ2v) is 6.31. The second kappa shape index (κ2) is 6.35. The minimum Gasteiger partial charge on any atom is -0.388 e. The molecule has 2 aromatic carbocycles. The Bertz CT molecular complexity index is 604. The SMILES string of the molecule is OC(Cc1ccc(F)c(Br)c1)c1ccc(Br)cc1Cl. The molecule has 2 aromatic rings. The lowest BCUT2D eigenvalue weighted by Gasteiger charge is -2.13. The zero-order valence-electron chi connectivity index (χ0n) is 9.71. The Balaban J connectivity index is 2.20. The van der Waals surface area contributed by atoms with Crippen LogP contribution in [0.25, 0.3) is 0 Å². The molecule has 0 aliphatic carbocycles. The molecule has 0 aliphatic heterocycles. The quantitative estimate of drug-likeness (QED) is 0.733. The summed E-state index contributed by atoms with van der Waals surface area (Å²) in [6.45, 7) is 0. The summed E-state index contributed by atoms with van der Waals surface area (Å²) in [6, 6.07) is 10.0. The molecule has 5 heteroatoms. The van der Waals surface area contributed by atoms with Gasteiger partial charge in [-0.3, -0.25) is 0 Å². The minimum atomic E-state index is -0.724. The van der Waals surface area contributed by atoms with Gasteiger partial charge in [0.2, 0.25) is 0 Å². The van der Waals surface area contributed by atoms with Crippen LogP contribution < -0.4 is 0 Å². The van der Waals surface area contributed by atoms with Crippen molar-refractivity contribution in [3.63, 3.8) is 0 Å². The molecule has 1 N–H and O–H groups in total. The van der Waals surface area contributed by atoms with Crippen molar-refractivity contribution in [3.8, 4) is 0 Å². The van der Waals surface area contributed by atoms with Gasteiger partial charge in [-0.05, 0) is 51.3 Å². The highest BCUT2D eigenvalue weighted by Gasteiger charge is 2.13. The Morgan fingerprint density at radius 1 is 1.16 bits per heavy atom. The fourth-order valence-corrected chi connectivity index (χ4v) is 3.00. The Labute approximate surface area is 132 Å². The molecule has 1 atom stereocenters. The van der Waals surface area contributed by atoms with Crippen molar-refractivity contribution in [1.29, 1.82) is 0 Å². The van der Waals surface area contributed by atoms with Gasteiger partial charge in [-0.15, -0.1) is 0 Å². The summed E-state index contributed by atoms with van der Waals surface area (Å²) in [5, 5.41) is 10.7. The van der Waals surface area contributed by atoms with Crippen molar-refractivity contribution in [3.05, 3.63) is 67.3 Å². The first kappa shape index (κ1) is 15.0. The minimum absolute atomic E-state index is 0.320. The van der Waals surface area contributed by atoms with Gasteiger partial charge < -0.3 is 5.11 Å². The molecular weight excluding hydrogens is 398 g/mol. The predicted octanol–water partition coefficient (Wildman–Crippen LogP) is 5.28. The van der Waals surface area contributed by atoms with E-state index in [9.17, 15) is 9.50 Å². The Morgan fingerprint density at radius 3 is 2.53 bits per heavy atom.